The van der Waals surface area contributed by atoms with E-state index in [4.69, 9.17) is 11.6 Å². The molecule has 1 aromatic rings. The van der Waals surface area contributed by atoms with Crippen LogP contribution < -0.4 is 5.32 Å². The minimum Gasteiger partial charge on any atom is -0.352 e. The van der Waals surface area contributed by atoms with Crippen LogP contribution in [0.1, 0.15) is 56.9 Å². The van der Waals surface area contributed by atoms with Gasteiger partial charge in [-0.05, 0) is 62.8 Å². The number of hydrogen-bond donors (Lipinski definition) is 1. The summed E-state index contributed by atoms with van der Waals surface area (Å²) in [6.07, 6.45) is 9.56. The van der Waals surface area contributed by atoms with Crippen LogP contribution in [0.2, 0.25) is 5.02 Å². The molecule has 2 heterocycles. The molecule has 1 aliphatic carbocycles. The molecule has 5 heteroatoms. The molecule has 1 N–H and O–H groups in total. The summed E-state index contributed by atoms with van der Waals surface area (Å²) in [5.74, 6) is 0.288. The van der Waals surface area contributed by atoms with Crippen LogP contribution in [0.4, 0.5) is 0 Å². The normalized spacial score (nSPS) is 25.9. The summed E-state index contributed by atoms with van der Waals surface area (Å²) < 4.78 is 0. The van der Waals surface area contributed by atoms with Crippen LogP contribution in [0.15, 0.2) is 24.3 Å². The number of benzene rings is 1. The van der Waals surface area contributed by atoms with Gasteiger partial charge >= 0.3 is 0 Å². The first-order valence-corrected chi connectivity index (χ1v) is 11.1. The Kier molecular flexibility index (Phi) is 6.36. The molecule has 2 aliphatic heterocycles. The number of carbonyl (C=O) groups is 1. The molecular formula is C22H32ClN3O. The molecule has 2 saturated heterocycles. The minimum atomic E-state index is 0.125. The molecule has 4 rings (SSSR count). The summed E-state index contributed by atoms with van der Waals surface area (Å²) >= 11 is 5.97. The zero-order chi connectivity index (χ0) is 18.6. The molecule has 148 valence electrons. The van der Waals surface area contributed by atoms with Crippen LogP contribution >= 0.6 is 11.6 Å². The van der Waals surface area contributed by atoms with E-state index in [1.807, 2.05) is 12.1 Å². The number of carbonyl (C=O) groups excluding carboxylic acids is 1. The molecule has 0 spiro atoms. The van der Waals surface area contributed by atoms with Crippen molar-refractivity contribution in [1.82, 2.24) is 15.1 Å². The Morgan fingerprint density at radius 1 is 0.963 bits per heavy atom. The first kappa shape index (κ1) is 19.2. The van der Waals surface area contributed by atoms with Crippen LogP contribution in [-0.2, 0) is 11.3 Å². The summed E-state index contributed by atoms with van der Waals surface area (Å²) in [5, 5.41) is 4.17. The topological polar surface area (TPSA) is 35.6 Å². The van der Waals surface area contributed by atoms with Crippen molar-refractivity contribution in [2.75, 3.05) is 19.6 Å². The SMILES string of the molecule is O=C(NC1CCN(Cc2ccc(Cl)cc2)CC1)C1CCCN1C1CCCC1. The highest BCUT2D eigenvalue weighted by Gasteiger charge is 2.37. The maximum absolute atomic E-state index is 12.9. The van der Waals surface area contributed by atoms with Gasteiger partial charge in [0.25, 0.3) is 0 Å². The Morgan fingerprint density at radius 2 is 1.67 bits per heavy atom. The van der Waals surface area contributed by atoms with E-state index >= 15 is 0 Å². The van der Waals surface area contributed by atoms with Gasteiger partial charge in [0.15, 0.2) is 0 Å². The lowest BCUT2D eigenvalue weighted by Gasteiger charge is -2.34. The Bertz CT molecular complexity index is 621. The molecule has 1 aromatic carbocycles. The van der Waals surface area contributed by atoms with E-state index in [1.54, 1.807) is 0 Å². The number of halogens is 1. The molecule has 3 aliphatic rings. The molecule has 0 bridgehead atoms. The van der Waals surface area contributed by atoms with E-state index < -0.39 is 0 Å². The summed E-state index contributed by atoms with van der Waals surface area (Å²) in [4.78, 5) is 17.9. The largest absolute Gasteiger partial charge is 0.352 e. The van der Waals surface area contributed by atoms with Gasteiger partial charge in [-0.2, -0.15) is 0 Å². The predicted molar refractivity (Wildman–Crippen MR) is 110 cm³/mol. The third-order valence-electron chi connectivity index (χ3n) is 6.64. The highest BCUT2D eigenvalue weighted by atomic mass is 35.5. The van der Waals surface area contributed by atoms with Crippen molar-refractivity contribution in [1.29, 1.82) is 0 Å². The highest BCUT2D eigenvalue weighted by molar-refractivity contribution is 6.30. The van der Waals surface area contributed by atoms with Crippen molar-refractivity contribution in [3.05, 3.63) is 34.9 Å². The first-order chi connectivity index (χ1) is 13.2. The lowest BCUT2D eigenvalue weighted by atomic mass is 10.0. The summed E-state index contributed by atoms with van der Waals surface area (Å²) in [5.41, 5.74) is 1.31. The lowest BCUT2D eigenvalue weighted by molar-refractivity contribution is -0.127. The van der Waals surface area contributed by atoms with Crippen LogP contribution in [0, 0.1) is 0 Å². The second-order valence-corrected chi connectivity index (χ2v) is 8.96. The molecule has 0 radical (unpaired) electrons. The standard InChI is InChI=1S/C22H32ClN3O/c23-18-9-7-17(8-10-18)16-25-14-11-19(12-15-25)24-22(27)21-6-3-13-26(21)20-4-1-2-5-20/h7-10,19-21H,1-6,11-16H2,(H,24,27). The third-order valence-corrected chi connectivity index (χ3v) is 6.90. The van der Waals surface area contributed by atoms with Crippen LogP contribution in [0.5, 0.6) is 0 Å². The fourth-order valence-electron chi connectivity index (χ4n) is 5.12. The molecule has 3 fully saturated rings. The minimum absolute atomic E-state index is 0.125. The zero-order valence-electron chi connectivity index (χ0n) is 16.2. The smallest absolute Gasteiger partial charge is 0.237 e. The molecule has 1 amide bonds. The van der Waals surface area contributed by atoms with Gasteiger partial charge in [0, 0.05) is 36.7 Å². The maximum Gasteiger partial charge on any atom is 0.237 e. The van der Waals surface area contributed by atoms with Crippen molar-refractivity contribution in [3.8, 4) is 0 Å². The average Bonchev–Trinajstić information content (AvgIpc) is 3.36. The monoisotopic (exact) mass is 389 g/mol. The van der Waals surface area contributed by atoms with E-state index in [1.165, 1.54) is 37.7 Å². The molecule has 4 nitrogen and oxygen atoms in total. The number of likely N-dealkylation sites (tertiary alicyclic amines) is 2. The van der Waals surface area contributed by atoms with Crippen molar-refractivity contribution < 1.29 is 4.79 Å². The molecule has 1 unspecified atom stereocenters. The van der Waals surface area contributed by atoms with Gasteiger partial charge < -0.3 is 5.32 Å². The average molecular weight is 390 g/mol. The zero-order valence-corrected chi connectivity index (χ0v) is 17.0. The molecule has 1 atom stereocenters. The number of amides is 1. The molecule has 0 aromatic heterocycles. The maximum atomic E-state index is 12.9. The van der Waals surface area contributed by atoms with Gasteiger partial charge in [-0.25, -0.2) is 0 Å². The molecule has 27 heavy (non-hydrogen) atoms. The van der Waals surface area contributed by atoms with Gasteiger partial charge in [-0.1, -0.05) is 36.6 Å². The van der Waals surface area contributed by atoms with E-state index in [2.05, 4.69) is 27.2 Å². The summed E-state index contributed by atoms with van der Waals surface area (Å²) in [6.45, 7) is 4.17. The van der Waals surface area contributed by atoms with Crippen molar-refractivity contribution >= 4 is 17.5 Å². The Labute approximate surface area is 168 Å². The quantitative estimate of drug-likeness (QED) is 0.831. The second-order valence-electron chi connectivity index (χ2n) is 8.52. The van der Waals surface area contributed by atoms with Gasteiger partial charge in [-0.15, -0.1) is 0 Å². The Balaban J connectivity index is 1.23. The number of nitrogens with zero attached hydrogens (tertiary/aromatic N) is 2. The van der Waals surface area contributed by atoms with E-state index in [9.17, 15) is 4.79 Å². The summed E-state index contributed by atoms with van der Waals surface area (Å²) in [7, 11) is 0. The first-order valence-electron chi connectivity index (χ1n) is 10.7. The van der Waals surface area contributed by atoms with Gasteiger partial charge in [0.05, 0.1) is 6.04 Å². The third kappa shape index (κ3) is 4.85. The Morgan fingerprint density at radius 3 is 2.37 bits per heavy atom. The van der Waals surface area contributed by atoms with Crippen LogP contribution in [0.3, 0.4) is 0 Å². The van der Waals surface area contributed by atoms with Crippen molar-refractivity contribution in [3.63, 3.8) is 0 Å². The molecule has 1 saturated carbocycles. The van der Waals surface area contributed by atoms with Crippen LogP contribution in [-0.4, -0.2) is 53.5 Å². The van der Waals surface area contributed by atoms with Gasteiger partial charge in [0.1, 0.15) is 0 Å². The lowest BCUT2D eigenvalue weighted by Crippen LogP contribution is -2.51. The second kappa shape index (κ2) is 8.93. The number of nitrogens with one attached hydrogen (secondary N) is 1. The number of piperidine rings is 1. The fraction of sp³-hybridized carbons (Fsp3) is 0.682. The Hall–Kier alpha value is -1.10. The highest BCUT2D eigenvalue weighted by Crippen LogP contribution is 2.30. The number of rotatable bonds is 5. The summed E-state index contributed by atoms with van der Waals surface area (Å²) in [6, 6.07) is 9.25. The molecular weight excluding hydrogens is 358 g/mol. The van der Waals surface area contributed by atoms with Gasteiger partial charge in [-0.3, -0.25) is 14.6 Å². The van der Waals surface area contributed by atoms with Crippen molar-refractivity contribution in [2.24, 2.45) is 0 Å². The van der Waals surface area contributed by atoms with Crippen molar-refractivity contribution in [2.45, 2.75) is 76.0 Å². The van der Waals surface area contributed by atoms with E-state index in [-0.39, 0.29) is 11.9 Å². The number of hydrogen-bond acceptors (Lipinski definition) is 3. The fourth-order valence-corrected chi connectivity index (χ4v) is 5.25. The van der Waals surface area contributed by atoms with Gasteiger partial charge in [0.2, 0.25) is 5.91 Å². The van der Waals surface area contributed by atoms with E-state index in [0.29, 0.717) is 12.1 Å². The van der Waals surface area contributed by atoms with E-state index in [0.717, 1.165) is 50.5 Å². The predicted octanol–water partition coefficient (Wildman–Crippen LogP) is 3.83. The van der Waals surface area contributed by atoms with Crippen LogP contribution in [0.25, 0.3) is 0 Å².